The number of hydrazine groups is 1. The molecule has 9 heteroatoms. The standard InChI is InChI=1S/C21H35N5O4/c1-13(2)21(28)25-7-5-14(6-8-25)19(24-29)22-20(27)15-3-4-16-10-26(17-11-30-12-17)23-18(16)9-15/h13-18,23,29H,3-12H2,1-2H3,(H,22,24,27). The number of amides is 2. The summed E-state index contributed by atoms with van der Waals surface area (Å²) < 4.78 is 5.30. The van der Waals surface area contributed by atoms with Gasteiger partial charge < -0.3 is 20.2 Å². The number of nitrogens with zero attached hydrogens (tertiary/aromatic N) is 3. The van der Waals surface area contributed by atoms with Crippen LogP contribution in [0, 0.1) is 23.7 Å². The molecule has 3 aliphatic heterocycles. The summed E-state index contributed by atoms with van der Waals surface area (Å²) in [5.41, 5.74) is 3.59. The SMILES string of the molecule is CC(C)C(=O)N1CCC(/C(=N\O)NC(=O)C2CCC3CN(C4COC4)NC3C2)CC1. The van der Waals surface area contributed by atoms with Gasteiger partial charge in [0.25, 0.3) is 0 Å². The number of fused-ring (bicyclic) bond motifs is 1. The predicted molar refractivity (Wildman–Crippen MR) is 111 cm³/mol. The van der Waals surface area contributed by atoms with Gasteiger partial charge in [0.15, 0.2) is 5.84 Å². The molecule has 4 fully saturated rings. The van der Waals surface area contributed by atoms with Crippen molar-refractivity contribution >= 4 is 17.6 Å². The first-order valence-corrected chi connectivity index (χ1v) is 11.4. The molecular weight excluding hydrogens is 386 g/mol. The van der Waals surface area contributed by atoms with Gasteiger partial charge in [-0.1, -0.05) is 19.0 Å². The molecule has 0 spiro atoms. The average molecular weight is 422 g/mol. The first-order chi connectivity index (χ1) is 14.5. The largest absolute Gasteiger partial charge is 0.409 e. The number of piperidine rings is 1. The molecule has 4 aliphatic rings. The summed E-state index contributed by atoms with van der Waals surface area (Å²) in [6.45, 7) is 7.68. The van der Waals surface area contributed by atoms with E-state index in [1.807, 2.05) is 18.7 Å². The minimum absolute atomic E-state index is 0.0145. The van der Waals surface area contributed by atoms with E-state index >= 15 is 0 Å². The highest BCUT2D eigenvalue weighted by atomic mass is 16.5. The quantitative estimate of drug-likeness (QED) is 0.268. The molecular formula is C21H35N5O4. The van der Waals surface area contributed by atoms with E-state index in [1.165, 1.54) is 0 Å². The monoisotopic (exact) mass is 421 g/mol. The molecule has 2 amide bonds. The lowest BCUT2D eigenvalue weighted by Crippen LogP contribution is -2.53. The molecule has 168 valence electrons. The van der Waals surface area contributed by atoms with Crippen molar-refractivity contribution < 1.29 is 19.5 Å². The Bertz CT molecular complexity index is 672. The number of nitrogens with one attached hydrogen (secondary N) is 2. The Morgan fingerprint density at radius 3 is 2.47 bits per heavy atom. The van der Waals surface area contributed by atoms with Crippen molar-refractivity contribution in [3.05, 3.63) is 0 Å². The third-order valence-corrected chi connectivity index (χ3v) is 7.23. The Morgan fingerprint density at radius 2 is 1.87 bits per heavy atom. The van der Waals surface area contributed by atoms with E-state index < -0.39 is 0 Å². The fraction of sp³-hybridized carbons (Fsp3) is 0.857. The Balaban J connectivity index is 1.26. The van der Waals surface area contributed by atoms with E-state index in [1.54, 1.807) is 0 Å². The first-order valence-electron chi connectivity index (χ1n) is 11.4. The molecule has 30 heavy (non-hydrogen) atoms. The summed E-state index contributed by atoms with van der Waals surface area (Å²) in [7, 11) is 0. The number of hydrogen-bond acceptors (Lipinski definition) is 7. The molecule has 0 aromatic heterocycles. The third-order valence-electron chi connectivity index (χ3n) is 7.23. The van der Waals surface area contributed by atoms with Gasteiger partial charge in [-0.15, -0.1) is 0 Å². The molecule has 3 heterocycles. The zero-order valence-corrected chi connectivity index (χ0v) is 18.0. The van der Waals surface area contributed by atoms with Gasteiger partial charge in [0.1, 0.15) is 0 Å². The van der Waals surface area contributed by atoms with Crippen molar-refractivity contribution in [3.63, 3.8) is 0 Å². The minimum atomic E-state index is -0.0734. The van der Waals surface area contributed by atoms with Gasteiger partial charge in [0, 0.05) is 43.4 Å². The molecule has 0 bridgehead atoms. The van der Waals surface area contributed by atoms with Crippen molar-refractivity contribution in [2.75, 3.05) is 32.8 Å². The number of amidine groups is 1. The second-order valence-corrected chi connectivity index (χ2v) is 9.58. The number of rotatable bonds is 4. The van der Waals surface area contributed by atoms with Crippen LogP contribution in [0.4, 0.5) is 0 Å². The highest BCUT2D eigenvalue weighted by molar-refractivity contribution is 6.00. The molecule has 3 saturated heterocycles. The summed E-state index contributed by atoms with van der Waals surface area (Å²) in [4.78, 5) is 26.9. The van der Waals surface area contributed by atoms with Crippen molar-refractivity contribution in [2.45, 2.75) is 58.0 Å². The Morgan fingerprint density at radius 1 is 1.13 bits per heavy atom. The number of ether oxygens (including phenoxy) is 1. The first kappa shape index (κ1) is 21.5. The van der Waals surface area contributed by atoms with Crippen LogP contribution in [-0.4, -0.2) is 77.7 Å². The number of likely N-dealkylation sites (tertiary alicyclic amines) is 1. The van der Waals surface area contributed by atoms with Gasteiger partial charge in [-0.2, -0.15) is 0 Å². The second kappa shape index (κ2) is 9.20. The van der Waals surface area contributed by atoms with Gasteiger partial charge in [0.2, 0.25) is 11.8 Å². The van der Waals surface area contributed by atoms with Gasteiger partial charge in [0.05, 0.1) is 19.3 Å². The number of carbonyl (C=O) groups is 2. The van der Waals surface area contributed by atoms with Crippen LogP contribution in [0.3, 0.4) is 0 Å². The van der Waals surface area contributed by atoms with Gasteiger partial charge in [-0.3, -0.25) is 15.0 Å². The van der Waals surface area contributed by atoms with Crippen molar-refractivity contribution in [1.82, 2.24) is 20.7 Å². The van der Waals surface area contributed by atoms with E-state index in [2.05, 4.69) is 20.9 Å². The normalized spacial score (nSPS) is 31.5. The molecule has 3 N–H and O–H groups in total. The molecule has 0 aromatic carbocycles. The summed E-state index contributed by atoms with van der Waals surface area (Å²) in [6, 6.07) is 0.791. The average Bonchev–Trinajstić information content (AvgIpc) is 3.12. The highest BCUT2D eigenvalue weighted by Crippen LogP contribution is 2.34. The Hall–Kier alpha value is -1.71. The highest BCUT2D eigenvalue weighted by Gasteiger charge is 2.43. The van der Waals surface area contributed by atoms with Crippen LogP contribution in [-0.2, 0) is 14.3 Å². The van der Waals surface area contributed by atoms with Crippen molar-refractivity contribution in [2.24, 2.45) is 28.8 Å². The Kier molecular flexibility index (Phi) is 6.60. The van der Waals surface area contributed by atoms with E-state index in [4.69, 9.17) is 4.74 Å². The molecule has 3 unspecified atom stereocenters. The molecule has 1 saturated carbocycles. The van der Waals surface area contributed by atoms with Crippen LogP contribution in [0.15, 0.2) is 5.16 Å². The van der Waals surface area contributed by atoms with E-state index in [-0.39, 0.29) is 29.6 Å². The van der Waals surface area contributed by atoms with Crippen LogP contribution in [0.5, 0.6) is 0 Å². The molecule has 0 aromatic rings. The summed E-state index contributed by atoms with van der Waals surface area (Å²) >= 11 is 0. The topological polar surface area (TPSA) is 106 Å². The minimum Gasteiger partial charge on any atom is -0.409 e. The van der Waals surface area contributed by atoms with Crippen molar-refractivity contribution in [3.8, 4) is 0 Å². The Labute approximate surface area is 178 Å². The van der Waals surface area contributed by atoms with E-state index in [9.17, 15) is 14.8 Å². The predicted octanol–water partition coefficient (Wildman–Crippen LogP) is 0.789. The van der Waals surface area contributed by atoms with Gasteiger partial charge in [-0.05, 0) is 38.0 Å². The lowest BCUT2D eigenvalue weighted by atomic mass is 9.79. The molecule has 3 atom stereocenters. The van der Waals surface area contributed by atoms with Crippen LogP contribution >= 0.6 is 0 Å². The van der Waals surface area contributed by atoms with Crippen LogP contribution < -0.4 is 10.7 Å². The maximum absolute atomic E-state index is 12.9. The molecule has 4 rings (SSSR count). The van der Waals surface area contributed by atoms with Crippen LogP contribution in [0.1, 0.15) is 46.0 Å². The fourth-order valence-corrected chi connectivity index (χ4v) is 5.20. The molecule has 0 radical (unpaired) electrons. The zero-order valence-electron chi connectivity index (χ0n) is 18.0. The smallest absolute Gasteiger partial charge is 0.228 e. The number of oxime groups is 1. The lowest BCUT2D eigenvalue weighted by Gasteiger charge is -2.35. The van der Waals surface area contributed by atoms with Gasteiger partial charge >= 0.3 is 0 Å². The number of hydrogen-bond donors (Lipinski definition) is 3. The van der Waals surface area contributed by atoms with E-state index in [0.717, 1.165) is 39.0 Å². The zero-order chi connectivity index (χ0) is 21.3. The van der Waals surface area contributed by atoms with Crippen LogP contribution in [0.2, 0.25) is 0 Å². The van der Waals surface area contributed by atoms with Gasteiger partial charge in [-0.25, -0.2) is 5.01 Å². The molecule has 9 nitrogen and oxygen atoms in total. The maximum Gasteiger partial charge on any atom is 0.228 e. The van der Waals surface area contributed by atoms with Crippen LogP contribution in [0.25, 0.3) is 0 Å². The third kappa shape index (κ3) is 4.48. The molecule has 1 aliphatic carbocycles. The second-order valence-electron chi connectivity index (χ2n) is 9.58. The maximum atomic E-state index is 12.9. The van der Waals surface area contributed by atoms with Crippen molar-refractivity contribution in [1.29, 1.82) is 0 Å². The summed E-state index contributed by atoms with van der Waals surface area (Å²) in [6.07, 6.45) is 4.10. The summed E-state index contributed by atoms with van der Waals surface area (Å²) in [5.74, 6) is 0.938. The number of carbonyl (C=O) groups excluding carboxylic acids is 2. The fourth-order valence-electron chi connectivity index (χ4n) is 5.20. The lowest BCUT2D eigenvalue weighted by molar-refractivity contribution is -0.135. The van der Waals surface area contributed by atoms with E-state index in [0.29, 0.717) is 49.8 Å². The summed E-state index contributed by atoms with van der Waals surface area (Å²) in [5, 5.41) is 18.1.